The highest BCUT2D eigenvalue weighted by molar-refractivity contribution is 5.96. The van der Waals surface area contributed by atoms with Gasteiger partial charge >= 0.3 is 0 Å². The minimum Gasteiger partial charge on any atom is -0.285 e. The number of nitrogens with zero attached hydrogens (tertiary/aromatic N) is 1. The molecular formula is C12H18N2O. The predicted octanol–water partition coefficient (Wildman–Crippen LogP) is 1.76. The largest absolute Gasteiger partial charge is 0.285 e. The lowest BCUT2D eigenvalue weighted by Crippen LogP contribution is -2.37. The van der Waals surface area contributed by atoms with E-state index >= 15 is 0 Å². The Morgan fingerprint density at radius 2 is 2.07 bits per heavy atom. The highest BCUT2D eigenvalue weighted by Crippen LogP contribution is 2.14. The summed E-state index contributed by atoms with van der Waals surface area (Å²) in [5.74, 6) is -0.0325. The van der Waals surface area contributed by atoms with Crippen molar-refractivity contribution < 1.29 is 4.79 Å². The molecule has 15 heavy (non-hydrogen) atoms. The molecule has 0 aliphatic rings. The number of hydrogen-bond acceptors (Lipinski definition) is 2. The van der Waals surface area contributed by atoms with Crippen LogP contribution in [0.25, 0.3) is 0 Å². The fraction of sp³-hybridized carbons (Fsp3) is 0.417. The number of nitrogens with one attached hydrogen (secondary N) is 1. The van der Waals surface area contributed by atoms with Crippen LogP contribution in [-0.4, -0.2) is 25.0 Å². The van der Waals surface area contributed by atoms with E-state index in [0.29, 0.717) is 0 Å². The third kappa shape index (κ3) is 2.80. The van der Waals surface area contributed by atoms with Crippen LogP contribution in [0.5, 0.6) is 0 Å². The number of benzene rings is 1. The molecule has 1 amide bonds. The van der Waals surface area contributed by atoms with Crippen LogP contribution in [0.15, 0.2) is 18.2 Å². The number of hydrazine groups is 1. The van der Waals surface area contributed by atoms with E-state index in [1.54, 1.807) is 5.01 Å². The maximum absolute atomic E-state index is 11.9. The second-order valence-electron chi connectivity index (χ2n) is 3.80. The van der Waals surface area contributed by atoms with Gasteiger partial charge in [-0.2, -0.15) is 0 Å². The third-order valence-corrected chi connectivity index (χ3v) is 2.29. The smallest absolute Gasteiger partial charge is 0.266 e. The zero-order chi connectivity index (χ0) is 11.4. The molecular weight excluding hydrogens is 188 g/mol. The SMILES string of the molecule is CCc1cccc(C)c1C(=O)NN(C)C. The lowest BCUT2D eigenvalue weighted by atomic mass is 10.00. The van der Waals surface area contributed by atoms with Crippen LogP contribution in [0, 0.1) is 6.92 Å². The molecule has 0 aliphatic heterocycles. The molecule has 0 aliphatic carbocycles. The molecule has 1 rings (SSSR count). The van der Waals surface area contributed by atoms with Crippen LogP contribution in [-0.2, 0) is 6.42 Å². The van der Waals surface area contributed by atoms with E-state index in [-0.39, 0.29) is 5.91 Å². The Balaban J connectivity index is 3.06. The molecule has 0 fully saturated rings. The Morgan fingerprint density at radius 1 is 1.40 bits per heavy atom. The topological polar surface area (TPSA) is 32.3 Å². The first-order valence-corrected chi connectivity index (χ1v) is 5.13. The molecule has 1 aromatic rings. The molecule has 3 nitrogen and oxygen atoms in total. The van der Waals surface area contributed by atoms with E-state index < -0.39 is 0 Å². The van der Waals surface area contributed by atoms with Crippen molar-refractivity contribution in [1.29, 1.82) is 0 Å². The molecule has 82 valence electrons. The first-order chi connectivity index (χ1) is 7.06. The first kappa shape index (κ1) is 11.7. The predicted molar refractivity (Wildman–Crippen MR) is 61.7 cm³/mol. The van der Waals surface area contributed by atoms with Gasteiger partial charge in [-0.15, -0.1) is 0 Å². The molecule has 1 aromatic carbocycles. The summed E-state index contributed by atoms with van der Waals surface area (Å²) < 4.78 is 0. The van der Waals surface area contributed by atoms with Gasteiger partial charge in [0.2, 0.25) is 0 Å². The average molecular weight is 206 g/mol. The minimum absolute atomic E-state index is 0.0325. The number of carbonyl (C=O) groups is 1. The molecule has 0 aromatic heterocycles. The van der Waals surface area contributed by atoms with Gasteiger partial charge in [-0.25, -0.2) is 5.01 Å². The Labute approximate surface area is 91.1 Å². The summed E-state index contributed by atoms with van der Waals surface area (Å²) in [6.45, 7) is 4.02. The van der Waals surface area contributed by atoms with Crippen molar-refractivity contribution in [3.8, 4) is 0 Å². The standard InChI is InChI=1S/C12H18N2O/c1-5-10-8-6-7-9(2)11(10)12(15)13-14(3)4/h6-8H,5H2,1-4H3,(H,13,15). The van der Waals surface area contributed by atoms with Crippen LogP contribution in [0.4, 0.5) is 0 Å². The van der Waals surface area contributed by atoms with E-state index in [1.807, 2.05) is 39.2 Å². The Morgan fingerprint density at radius 3 is 2.60 bits per heavy atom. The fourth-order valence-corrected chi connectivity index (χ4v) is 1.61. The summed E-state index contributed by atoms with van der Waals surface area (Å²) in [6, 6.07) is 5.95. The van der Waals surface area contributed by atoms with Crippen LogP contribution >= 0.6 is 0 Å². The zero-order valence-electron chi connectivity index (χ0n) is 9.79. The zero-order valence-corrected chi connectivity index (χ0v) is 9.79. The van der Waals surface area contributed by atoms with Crippen LogP contribution < -0.4 is 5.43 Å². The monoisotopic (exact) mass is 206 g/mol. The Bertz CT molecular complexity index is 359. The molecule has 0 saturated heterocycles. The highest BCUT2D eigenvalue weighted by atomic mass is 16.2. The van der Waals surface area contributed by atoms with Crippen molar-refractivity contribution in [1.82, 2.24) is 10.4 Å². The summed E-state index contributed by atoms with van der Waals surface area (Å²) in [7, 11) is 3.61. The summed E-state index contributed by atoms with van der Waals surface area (Å²) in [6.07, 6.45) is 0.873. The van der Waals surface area contributed by atoms with Crippen LogP contribution in [0.1, 0.15) is 28.4 Å². The second-order valence-corrected chi connectivity index (χ2v) is 3.80. The van der Waals surface area contributed by atoms with Crippen molar-refractivity contribution in [2.75, 3.05) is 14.1 Å². The molecule has 0 saturated carbocycles. The molecule has 1 N–H and O–H groups in total. The van der Waals surface area contributed by atoms with Crippen molar-refractivity contribution in [3.05, 3.63) is 34.9 Å². The molecule has 3 heteroatoms. The quantitative estimate of drug-likeness (QED) is 0.764. The van der Waals surface area contributed by atoms with Gasteiger partial charge in [-0.05, 0) is 24.5 Å². The second kappa shape index (κ2) is 4.94. The molecule has 0 unspecified atom stereocenters. The Hall–Kier alpha value is -1.35. The summed E-state index contributed by atoms with van der Waals surface area (Å²) in [5.41, 5.74) is 5.68. The van der Waals surface area contributed by atoms with Gasteiger partial charge in [-0.3, -0.25) is 10.2 Å². The fourth-order valence-electron chi connectivity index (χ4n) is 1.61. The van der Waals surface area contributed by atoms with Gasteiger partial charge < -0.3 is 0 Å². The third-order valence-electron chi connectivity index (χ3n) is 2.29. The average Bonchev–Trinajstić information content (AvgIpc) is 2.15. The van der Waals surface area contributed by atoms with Crippen molar-refractivity contribution in [3.63, 3.8) is 0 Å². The van der Waals surface area contributed by atoms with Gasteiger partial charge in [0.15, 0.2) is 0 Å². The Kier molecular flexibility index (Phi) is 3.86. The van der Waals surface area contributed by atoms with Crippen molar-refractivity contribution >= 4 is 5.91 Å². The van der Waals surface area contributed by atoms with E-state index in [1.165, 1.54) is 0 Å². The number of carbonyl (C=O) groups excluding carboxylic acids is 1. The maximum Gasteiger partial charge on any atom is 0.266 e. The van der Waals surface area contributed by atoms with Crippen LogP contribution in [0.3, 0.4) is 0 Å². The lowest BCUT2D eigenvalue weighted by Gasteiger charge is -2.15. The lowest BCUT2D eigenvalue weighted by molar-refractivity contribution is 0.0855. The van der Waals surface area contributed by atoms with Crippen molar-refractivity contribution in [2.24, 2.45) is 0 Å². The highest BCUT2D eigenvalue weighted by Gasteiger charge is 2.12. The minimum atomic E-state index is -0.0325. The number of hydrogen-bond donors (Lipinski definition) is 1. The summed E-state index contributed by atoms with van der Waals surface area (Å²) in [5, 5.41) is 1.66. The molecule has 0 radical (unpaired) electrons. The molecule has 0 bridgehead atoms. The molecule has 0 spiro atoms. The molecule has 0 heterocycles. The van der Waals surface area contributed by atoms with Crippen LogP contribution in [0.2, 0.25) is 0 Å². The number of aryl methyl sites for hydroxylation is 2. The van der Waals surface area contributed by atoms with E-state index in [0.717, 1.165) is 23.1 Å². The van der Waals surface area contributed by atoms with E-state index in [9.17, 15) is 4.79 Å². The summed E-state index contributed by atoms with van der Waals surface area (Å²) >= 11 is 0. The van der Waals surface area contributed by atoms with Gasteiger partial charge in [0.1, 0.15) is 0 Å². The van der Waals surface area contributed by atoms with Gasteiger partial charge in [-0.1, -0.05) is 25.1 Å². The normalized spacial score (nSPS) is 10.5. The van der Waals surface area contributed by atoms with E-state index in [4.69, 9.17) is 0 Å². The van der Waals surface area contributed by atoms with Gasteiger partial charge in [0.25, 0.3) is 5.91 Å². The van der Waals surface area contributed by atoms with E-state index in [2.05, 4.69) is 12.3 Å². The number of amides is 1. The van der Waals surface area contributed by atoms with Crippen molar-refractivity contribution in [2.45, 2.75) is 20.3 Å². The maximum atomic E-state index is 11.9. The summed E-state index contributed by atoms with van der Waals surface area (Å²) in [4.78, 5) is 11.9. The first-order valence-electron chi connectivity index (χ1n) is 5.13. The van der Waals surface area contributed by atoms with Gasteiger partial charge in [0.05, 0.1) is 0 Å². The van der Waals surface area contributed by atoms with Gasteiger partial charge in [0, 0.05) is 19.7 Å². The number of rotatable bonds is 3. The molecule has 0 atom stereocenters.